The third-order valence-electron chi connectivity index (χ3n) is 7.34. The zero-order chi connectivity index (χ0) is 29.0. The van der Waals surface area contributed by atoms with Crippen LogP contribution in [0.3, 0.4) is 0 Å². The van der Waals surface area contributed by atoms with Crippen LogP contribution in [-0.2, 0) is 0 Å². The fourth-order valence-electron chi connectivity index (χ4n) is 5.18. The summed E-state index contributed by atoms with van der Waals surface area (Å²) < 4.78 is 0. The third kappa shape index (κ3) is 5.69. The highest BCUT2D eigenvalue weighted by Gasteiger charge is 2.10. The molecule has 0 unspecified atom stereocenters. The summed E-state index contributed by atoms with van der Waals surface area (Å²) in [5.41, 5.74) is 10.4. The zero-order valence-electron chi connectivity index (χ0n) is 23.6. The molecule has 7 aromatic rings. The Hall–Kier alpha value is -5.81. The Bertz CT molecular complexity index is 2020. The maximum Gasteiger partial charge on any atom is 0.163 e. The Morgan fingerprint density at radius 3 is 1.42 bits per heavy atom. The number of benzene rings is 5. The highest BCUT2D eigenvalue weighted by Crippen LogP contribution is 2.31. The van der Waals surface area contributed by atoms with E-state index in [4.69, 9.17) is 9.97 Å². The first-order chi connectivity index (χ1) is 21.2. The van der Waals surface area contributed by atoms with Gasteiger partial charge in [-0.2, -0.15) is 0 Å². The monoisotopic (exact) mass is 553 g/mol. The standard InChI is InChI=1S/C38H27N5/c1-26-41-35(28-10-4-2-5-11-28)24-36(42-26)29-20-18-27(19-21-29)31-14-8-15-32(22-31)33-16-9-17-34(23-33)38-40-25-39-37(43-38)30-12-6-3-7-13-30/h2-25H,1H3. The topological polar surface area (TPSA) is 64.5 Å². The van der Waals surface area contributed by atoms with Gasteiger partial charge in [-0.25, -0.2) is 24.9 Å². The van der Waals surface area contributed by atoms with Gasteiger partial charge in [-0.15, -0.1) is 0 Å². The number of hydrogen-bond donors (Lipinski definition) is 0. The molecule has 0 atom stereocenters. The van der Waals surface area contributed by atoms with Crippen LogP contribution in [0.5, 0.6) is 0 Å². The lowest BCUT2D eigenvalue weighted by Crippen LogP contribution is -1.95. The summed E-state index contributed by atoms with van der Waals surface area (Å²) in [6.45, 7) is 1.94. The molecule has 2 aromatic heterocycles. The lowest BCUT2D eigenvalue weighted by atomic mass is 9.97. The number of aryl methyl sites for hydroxylation is 1. The lowest BCUT2D eigenvalue weighted by molar-refractivity contribution is 1.06. The van der Waals surface area contributed by atoms with Crippen molar-refractivity contribution < 1.29 is 0 Å². The van der Waals surface area contributed by atoms with Crippen molar-refractivity contribution in [3.05, 3.63) is 152 Å². The predicted octanol–water partition coefficient (Wildman–Crippen LogP) is 8.97. The summed E-state index contributed by atoms with van der Waals surface area (Å²) >= 11 is 0. The highest BCUT2D eigenvalue weighted by atomic mass is 15.0. The second kappa shape index (κ2) is 11.6. The van der Waals surface area contributed by atoms with Gasteiger partial charge in [0.1, 0.15) is 12.2 Å². The van der Waals surface area contributed by atoms with Gasteiger partial charge in [0.05, 0.1) is 11.4 Å². The van der Waals surface area contributed by atoms with Crippen molar-refractivity contribution in [2.75, 3.05) is 0 Å². The minimum Gasteiger partial charge on any atom is -0.233 e. The molecule has 2 heterocycles. The summed E-state index contributed by atoms with van der Waals surface area (Å²) in [5.74, 6) is 2.07. The molecule has 204 valence electrons. The number of rotatable bonds is 6. The molecule has 5 nitrogen and oxygen atoms in total. The average Bonchev–Trinajstić information content (AvgIpc) is 3.09. The van der Waals surface area contributed by atoms with Crippen molar-refractivity contribution in [1.29, 1.82) is 0 Å². The van der Waals surface area contributed by atoms with Gasteiger partial charge in [-0.3, -0.25) is 0 Å². The first kappa shape index (κ1) is 26.1. The minimum absolute atomic E-state index is 0.651. The molecule has 7 rings (SSSR count). The van der Waals surface area contributed by atoms with Crippen LogP contribution >= 0.6 is 0 Å². The molecule has 5 heteroatoms. The molecule has 0 fully saturated rings. The average molecular weight is 554 g/mol. The first-order valence-corrected chi connectivity index (χ1v) is 14.2. The van der Waals surface area contributed by atoms with Crippen molar-refractivity contribution >= 4 is 0 Å². The van der Waals surface area contributed by atoms with Crippen molar-refractivity contribution in [2.24, 2.45) is 0 Å². The molecule has 0 saturated carbocycles. The van der Waals surface area contributed by atoms with Crippen LogP contribution in [0.4, 0.5) is 0 Å². The van der Waals surface area contributed by atoms with E-state index < -0.39 is 0 Å². The Balaban J connectivity index is 1.16. The maximum absolute atomic E-state index is 4.74. The van der Waals surface area contributed by atoms with Gasteiger partial charge < -0.3 is 0 Å². The molecule has 0 amide bonds. The molecule has 0 N–H and O–H groups in total. The van der Waals surface area contributed by atoms with Crippen molar-refractivity contribution in [2.45, 2.75) is 6.92 Å². The van der Waals surface area contributed by atoms with Crippen LogP contribution in [0.15, 0.2) is 146 Å². The van der Waals surface area contributed by atoms with E-state index in [1.54, 1.807) is 6.33 Å². The molecule has 0 aliphatic rings. The van der Waals surface area contributed by atoms with E-state index in [0.29, 0.717) is 11.6 Å². The van der Waals surface area contributed by atoms with Crippen LogP contribution < -0.4 is 0 Å². The van der Waals surface area contributed by atoms with Crippen LogP contribution in [-0.4, -0.2) is 24.9 Å². The first-order valence-electron chi connectivity index (χ1n) is 14.2. The van der Waals surface area contributed by atoms with Gasteiger partial charge in [0, 0.05) is 22.3 Å². The van der Waals surface area contributed by atoms with Crippen molar-refractivity contribution in [3.8, 4) is 67.5 Å². The van der Waals surface area contributed by atoms with E-state index in [1.165, 1.54) is 0 Å². The highest BCUT2D eigenvalue weighted by molar-refractivity contribution is 5.77. The SMILES string of the molecule is Cc1nc(-c2ccccc2)cc(-c2ccc(-c3cccc(-c4cccc(-c5ncnc(-c6ccccc6)n5)c4)c3)cc2)n1. The summed E-state index contributed by atoms with van der Waals surface area (Å²) in [7, 11) is 0. The summed E-state index contributed by atoms with van der Waals surface area (Å²) in [4.78, 5) is 23.0. The zero-order valence-corrected chi connectivity index (χ0v) is 23.6. The summed E-state index contributed by atoms with van der Waals surface area (Å²) in [6.07, 6.45) is 1.58. The summed E-state index contributed by atoms with van der Waals surface area (Å²) in [6, 6.07) is 47.7. The van der Waals surface area contributed by atoms with E-state index in [1.807, 2.05) is 67.6 Å². The fraction of sp³-hybridized carbons (Fsp3) is 0.0263. The van der Waals surface area contributed by atoms with E-state index in [-0.39, 0.29) is 0 Å². The van der Waals surface area contributed by atoms with Crippen LogP contribution in [0, 0.1) is 6.92 Å². The number of aromatic nitrogens is 5. The Morgan fingerprint density at radius 1 is 0.349 bits per heavy atom. The van der Waals surface area contributed by atoms with Gasteiger partial charge >= 0.3 is 0 Å². The molecule has 0 spiro atoms. The molecule has 0 saturated heterocycles. The second-order valence-electron chi connectivity index (χ2n) is 10.3. The van der Waals surface area contributed by atoms with E-state index in [2.05, 4.69) is 93.8 Å². The van der Waals surface area contributed by atoms with Gasteiger partial charge in [-0.05, 0) is 47.4 Å². The maximum atomic E-state index is 4.74. The summed E-state index contributed by atoms with van der Waals surface area (Å²) in [5, 5.41) is 0. The molecule has 0 bridgehead atoms. The normalized spacial score (nSPS) is 10.9. The fourth-order valence-corrected chi connectivity index (χ4v) is 5.18. The quantitative estimate of drug-likeness (QED) is 0.206. The smallest absolute Gasteiger partial charge is 0.163 e. The largest absolute Gasteiger partial charge is 0.233 e. The molecule has 5 aromatic carbocycles. The van der Waals surface area contributed by atoms with Gasteiger partial charge in [0.25, 0.3) is 0 Å². The van der Waals surface area contributed by atoms with Gasteiger partial charge in [-0.1, -0.05) is 121 Å². The molecule has 43 heavy (non-hydrogen) atoms. The molecular weight excluding hydrogens is 526 g/mol. The third-order valence-corrected chi connectivity index (χ3v) is 7.34. The van der Waals surface area contributed by atoms with E-state index in [9.17, 15) is 0 Å². The van der Waals surface area contributed by atoms with E-state index >= 15 is 0 Å². The molecular formula is C38H27N5. The molecule has 0 radical (unpaired) electrons. The second-order valence-corrected chi connectivity index (χ2v) is 10.3. The lowest BCUT2D eigenvalue weighted by Gasteiger charge is -2.10. The van der Waals surface area contributed by atoms with Crippen LogP contribution in [0.1, 0.15) is 5.82 Å². The molecule has 0 aliphatic carbocycles. The number of nitrogens with zero attached hydrogens (tertiary/aromatic N) is 5. The van der Waals surface area contributed by atoms with Gasteiger partial charge in [0.2, 0.25) is 0 Å². The Labute approximate surface area is 250 Å². The van der Waals surface area contributed by atoms with Crippen LogP contribution in [0.2, 0.25) is 0 Å². The Morgan fingerprint density at radius 2 is 0.791 bits per heavy atom. The van der Waals surface area contributed by atoms with Gasteiger partial charge in [0.15, 0.2) is 11.6 Å². The Kier molecular flexibility index (Phi) is 7.04. The van der Waals surface area contributed by atoms with Crippen molar-refractivity contribution in [1.82, 2.24) is 24.9 Å². The van der Waals surface area contributed by atoms with E-state index in [0.717, 1.165) is 61.7 Å². The van der Waals surface area contributed by atoms with Crippen molar-refractivity contribution in [3.63, 3.8) is 0 Å². The minimum atomic E-state index is 0.651. The molecule has 0 aliphatic heterocycles. The number of hydrogen-bond acceptors (Lipinski definition) is 5. The van der Waals surface area contributed by atoms with Crippen LogP contribution in [0.25, 0.3) is 67.5 Å². The predicted molar refractivity (Wildman–Crippen MR) is 173 cm³/mol.